The Bertz CT molecular complexity index is 175. The van der Waals surface area contributed by atoms with Gasteiger partial charge in [0.05, 0.1) is 25.4 Å². The summed E-state index contributed by atoms with van der Waals surface area (Å²) < 4.78 is 16.8. The van der Waals surface area contributed by atoms with E-state index in [0.717, 1.165) is 19.4 Å². The monoisotopic (exact) mass is 260 g/mol. The molecule has 0 saturated carbocycles. The Morgan fingerprint density at radius 1 is 1.06 bits per heavy atom. The third-order valence-electron chi connectivity index (χ3n) is 3.15. The molecule has 0 aromatic carbocycles. The van der Waals surface area contributed by atoms with E-state index in [1.54, 1.807) is 0 Å². The van der Waals surface area contributed by atoms with Gasteiger partial charge in [-0.2, -0.15) is 0 Å². The molecule has 0 aromatic heterocycles. The first-order valence-corrected chi connectivity index (χ1v) is 7.28. The fourth-order valence-corrected chi connectivity index (χ4v) is 1.95. The van der Waals surface area contributed by atoms with E-state index in [-0.39, 0.29) is 6.10 Å². The maximum Gasteiger partial charge on any atom is 0.0830 e. The van der Waals surface area contributed by atoms with E-state index in [1.807, 2.05) is 0 Å². The first-order chi connectivity index (χ1) is 8.83. The SMILES string of the molecule is CCCCCCOC1CCOCC(O)CCOC1. The number of ether oxygens (including phenoxy) is 3. The summed E-state index contributed by atoms with van der Waals surface area (Å²) in [5.41, 5.74) is 0. The van der Waals surface area contributed by atoms with Crippen LogP contribution >= 0.6 is 0 Å². The molecule has 1 aliphatic heterocycles. The molecule has 0 bridgehead atoms. The molecule has 0 spiro atoms. The van der Waals surface area contributed by atoms with Crippen molar-refractivity contribution >= 4 is 0 Å². The number of aliphatic hydroxyl groups is 1. The van der Waals surface area contributed by atoms with Gasteiger partial charge < -0.3 is 19.3 Å². The highest BCUT2D eigenvalue weighted by Crippen LogP contribution is 2.07. The maximum atomic E-state index is 9.48. The van der Waals surface area contributed by atoms with Crippen molar-refractivity contribution in [3.63, 3.8) is 0 Å². The molecule has 1 N–H and O–H groups in total. The number of unbranched alkanes of at least 4 members (excludes halogenated alkanes) is 3. The summed E-state index contributed by atoms with van der Waals surface area (Å²) in [6, 6.07) is 0. The van der Waals surface area contributed by atoms with Crippen LogP contribution in [0.5, 0.6) is 0 Å². The van der Waals surface area contributed by atoms with E-state index in [1.165, 1.54) is 19.3 Å². The summed E-state index contributed by atoms with van der Waals surface area (Å²) in [5, 5.41) is 9.48. The fourth-order valence-electron chi connectivity index (χ4n) is 1.95. The van der Waals surface area contributed by atoms with Crippen molar-refractivity contribution in [1.82, 2.24) is 0 Å². The lowest BCUT2D eigenvalue weighted by molar-refractivity contribution is -0.0617. The Balaban J connectivity index is 2.10. The van der Waals surface area contributed by atoms with E-state index < -0.39 is 6.10 Å². The second-order valence-electron chi connectivity index (χ2n) is 4.93. The topological polar surface area (TPSA) is 47.9 Å². The summed E-state index contributed by atoms with van der Waals surface area (Å²) in [5.74, 6) is 0. The lowest BCUT2D eigenvalue weighted by atomic mass is 10.2. The molecule has 0 amide bonds. The Kier molecular flexibility index (Phi) is 9.48. The highest BCUT2D eigenvalue weighted by Gasteiger charge is 2.13. The molecule has 1 heterocycles. The number of aliphatic hydroxyl groups excluding tert-OH is 1. The Morgan fingerprint density at radius 2 is 1.83 bits per heavy atom. The number of hydrogen-bond donors (Lipinski definition) is 1. The summed E-state index contributed by atoms with van der Waals surface area (Å²) in [4.78, 5) is 0. The van der Waals surface area contributed by atoms with Crippen LogP contribution in [0.15, 0.2) is 0 Å². The molecule has 1 saturated heterocycles. The summed E-state index contributed by atoms with van der Waals surface area (Å²) in [7, 11) is 0. The zero-order chi connectivity index (χ0) is 13.1. The fraction of sp³-hybridized carbons (Fsp3) is 1.00. The zero-order valence-corrected chi connectivity index (χ0v) is 11.6. The number of hydrogen-bond acceptors (Lipinski definition) is 4. The van der Waals surface area contributed by atoms with Crippen LogP contribution in [-0.4, -0.2) is 50.3 Å². The second kappa shape index (κ2) is 10.7. The van der Waals surface area contributed by atoms with Gasteiger partial charge in [0.25, 0.3) is 0 Å². The first kappa shape index (κ1) is 15.9. The third-order valence-corrected chi connectivity index (χ3v) is 3.15. The van der Waals surface area contributed by atoms with Gasteiger partial charge in [-0.1, -0.05) is 26.2 Å². The molecule has 18 heavy (non-hydrogen) atoms. The van der Waals surface area contributed by atoms with Crippen LogP contribution < -0.4 is 0 Å². The molecule has 4 nitrogen and oxygen atoms in total. The van der Waals surface area contributed by atoms with Crippen molar-refractivity contribution in [2.24, 2.45) is 0 Å². The minimum atomic E-state index is -0.392. The largest absolute Gasteiger partial charge is 0.391 e. The van der Waals surface area contributed by atoms with Crippen LogP contribution in [0, 0.1) is 0 Å². The van der Waals surface area contributed by atoms with E-state index in [9.17, 15) is 5.11 Å². The molecule has 0 aliphatic carbocycles. The van der Waals surface area contributed by atoms with Crippen LogP contribution in [0.4, 0.5) is 0 Å². The van der Waals surface area contributed by atoms with E-state index in [4.69, 9.17) is 14.2 Å². The standard InChI is InChI=1S/C14H28O4/c1-2-3-4-5-8-18-14-7-10-16-11-13(15)6-9-17-12-14/h13-15H,2-12H2,1H3. The highest BCUT2D eigenvalue weighted by atomic mass is 16.5. The van der Waals surface area contributed by atoms with Crippen molar-refractivity contribution in [2.75, 3.05) is 33.0 Å². The molecule has 0 aromatic rings. The maximum absolute atomic E-state index is 9.48. The van der Waals surface area contributed by atoms with Gasteiger partial charge in [0.1, 0.15) is 0 Å². The van der Waals surface area contributed by atoms with Gasteiger partial charge in [-0.25, -0.2) is 0 Å². The lowest BCUT2D eigenvalue weighted by Gasteiger charge is -2.21. The molecule has 108 valence electrons. The van der Waals surface area contributed by atoms with Crippen LogP contribution in [-0.2, 0) is 14.2 Å². The molecule has 0 radical (unpaired) electrons. The summed E-state index contributed by atoms with van der Waals surface area (Å²) in [6.45, 7) is 5.27. The van der Waals surface area contributed by atoms with Crippen molar-refractivity contribution < 1.29 is 19.3 Å². The third kappa shape index (κ3) is 8.03. The zero-order valence-electron chi connectivity index (χ0n) is 11.6. The van der Waals surface area contributed by atoms with Crippen molar-refractivity contribution in [2.45, 2.75) is 57.7 Å². The van der Waals surface area contributed by atoms with E-state index in [2.05, 4.69) is 6.92 Å². The van der Waals surface area contributed by atoms with Crippen molar-refractivity contribution in [3.05, 3.63) is 0 Å². The summed E-state index contributed by atoms with van der Waals surface area (Å²) in [6.07, 6.45) is 6.15. The smallest absolute Gasteiger partial charge is 0.0830 e. The predicted octanol–water partition coefficient (Wildman–Crippen LogP) is 2.14. The van der Waals surface area contributed by atoms with Crippen molar-refractivity contribution in [3.8, 4) is 0 Å². The molecule has 2 atom stereocenters. The van der Waals surface area contributed by atoms with Crippen LogP contribution in [0.25, 0.3) is 0 Å². The predicted molar refractivity (Wildman–Crippen MR) is 70.8 cm³/mol. The summed E-state index contributed by atoms with van der Waals surface area (Å²) >= 11 is 0. The Hall–Kier alpha value is -0.160. The number of rotatable bonds is 6. The van der Waals surface area contributed by atoms with Gasteiger partial charge >= 0.3 is 0 Å². The Morgan fingerprint density at radius 3 is 2.67 bits per heavy atom. The lowest BCUT2D eigenvalue weighted by Crippen LogP contribution is -2.27. The first-order valence-electron chi connectivity index (χ1n) is 7.28. The molecule has 1 aliphatic rings. The van der Waals surface area contributed by atoms with Gasteiger partial charge in [0, 0.05) is 19.8 Å². The van der Waals surface area contributed by atoms with Crippen molar-refractivity contribution in [1.29, 1.82) is 0 Å². The highest BCUT2D eigenvalue weighted by molar-refractivity contribution is 4.61. The van der Waals surface area contributed by atoms with E-state index in [0.29, 0.717) is 32.8 Å². The van der Waals surface area contributed by atoms with Gasteiger partial charge in [0.2, 0.25) is 0 Å². The molecule has 1 fully saturated rings. The minimum Gasteiger partial charge on any atom is -0.391 e. The Labute approximate surface area is 111 Å². The van der Waals surface area contributed by atoms with Gasteiger partial charge in [-0.15, -0.1) is 0 Å². The van der Waals surface area contributed by atoms with Gasteiger partial charge in [0.15, 0.2) is 0 Å². The molecular formula is C14H28O4. The quantitative estimate of drug-likeness (QED) is 0.743. The average molecular weight is 260 g/mol. The van der Waals surface area contributed by atoms with E-state index >= 15 is 0 Å². The van der Waals surface area contributed by atoms with Gasteiger partial charge in [-0.05, 0) is 19.3 Å². The van der Waals surface area contributed by atoms with Crippen LogP contribution in [0.2, 0.25) is 0 Å². The van der Waals surface area contributed by atoms with Crippen LogP contribution in [0.3, 0.4) is 0 Å². The molecule has 2 unspecified atom stereocenters. The minimum absolute atomic E-state index is 0.141. The normalized spacial score (nSPS) is 27.0. The molecular weight excluding hydrogens is 232 g/mol. The molecule has 4 heteroatoms. The van der Waals surface area contributed by atoms with Crippen LogP contribution in [0.1, 0.15) is 45.4 Å². The molecule has 1 rings (SSSR count). The average Bonchev–Trinajstić information content (AvgIpc) is 2.38. The van der Waals surface area contributed by atoms with Gasteiger partial charge in [-0.3, -0.25) is 0 Å². The second-order valence-corrected chi connectivity index (χ2v) is 4.93.